The van der Waals surface area contributed by atoms with Gasteiger partial charge in [-0.05, 0) is 57.3 Å². The fourth-order valence-electron chi connectivity index (χ4n) is 5.45. The molecular formula is C43H27N3O. The van der Waals surface area contributed by atoms with Crippen molar-refractivity contribution in [2.45, 2.75) is 0 Å². The highest BCUT2D eigenvalue weighted by Crippen LogP contribution is 2.38. The van der Waals surface area contributed by atoms with Gasteiger partial charge < -0.3 is 4.42 Å². The quantitative estimate of drug-likeness (QED) is 0.193. The summed E-state index contributed by atoms with van der Waals surface area (Å²) in [7, 11) is 0. The van der Waals surface area contributed by atoms with Gasteiger partial charge >= 0.3 is 0 Å². The van der Waals surface area contributed by atoms with Gasteiger partial charge in [-0.2, -0.15) is 0 Å². The van der Waals surface area contributed by atoms with Crippen molar-refractivity contribution in [3.8, 4) is 56.4 Å². The molecule has 9 aromatic rings. The predicted octanol–water partition coefficient (Wildman–Crippen LogP) is 11.3. The zero-order valence-electron chi connectivity index (χ0n) is 38.3. The van der Waals surface area contributed by atoms with Crippen molar-refractivity contribution >= 4 is 32.7 Å². The van der Waals surface area contributed by atoms with E-state index in [1.54, 1.807) is 30.3 Å². The molecule has 0 unspecified atom stereocenters. The van der Waals surface area contributed by atoms with Gasteiger partial charge in [0.1, 0.15) is 11.2 Å². The molecule has 220 valence electrons. The lowest BCUT2D eigenvalue weighted by molar-refractivity contribution is 0.669. The highest BCUT2D eigenvalue weighted by atomic mass is 16.3. The van der Waals surface area contributed by atoms with E-state index < -0.39 is 60.4 Å². The summed E-state index contributed by atoms with van der Waals surface area (Å²) in [5.41, 5.74) is 2.19. The molecular weight excluding hydrogens is 574 g/mol. The molecule has 0 atom stereocenters. The van der Waals surface area contributed by atoms with Crippen LogP contribution in [0, 0.1) is 0 Å². The normalized spacial score (nSPS) is 15.6. The Balaban J connectivity index is 1.22. The van der Waals surface area contributed by atoms with Gasteiger partial charge in [-0.15, -0.1) is 0 Å². The topological polar surface area (TPSA) is 51.8 Å². The maximum Gasteiger partial charge on any atom is 0.164 e. The Kier molecular flexibility index (Phi) is 3.87. The Morgan fingerprint density at radius 2 is 1.15 bits per heavy atom. The summed E-state index contributed by atoms with van der Waals surface area (Å²) in [6, 6.07) is 15.8. The fraction of sp³-hybridized carbons (Fsp3) is 0. The summed E-state index contributed by atoms with van der Waals surface area (Å²) < 4.78 is 125. The monoisotopic (exact) mass is 615 g/mol. The molecule has 0 saturated carbocycles. The average molecular weight is 616 g/mol. The van der Waals surface area contributed by atoms with Gasteiger partial charge in [0.2, 0.25) is 0 Å². The van der Waals surface area contributed by atoms with E-state index in [9.17, 15) is 0 Å². The van der Waals surface area contributed by atoms with Gasteiger partial charge in [0.25, 0.3) is 0 Å². The first-order valence-electron chi connectivity index (χ1n) is 21.5. The lowest BCUT2D eigenvalue weighted by Gasteiger charge is -2.10. The zero-order valence-corrected chi connectivity index (χ0v) is 24.3. The number of benzene rings is 7. The molecule has 7 aromatic carbocycles. The van der Waals surface area contributed by atoms with E-state index in [2.05, 4.69) is 0 Å². The van der Waals surface area contributed by atoms with Crippen molar-refractivity contribution in [3.63, 3.8) is 0 Å². The third-order valence-corrected chi connectivity index (χ3v) is 7.70. The maximum atomic E-state index is 9.10. The standard InChI is InChI=1S/C43H27N3O/c1-3-10-28(11-4-1)35-24-25-36-39(27-35)47-38-17-9-16-37(40(36)38)43-45-41(31-13-5-2-6-14-31)44-42(46-43)32-21-18-30(19-22-32)34-23-20-29-12-7-8-15-33(29)26-34/h1-27H/i1D,3D,4D,7D,8D,10D,11D,12D,15D,16D,20D,23D,24D,26D. The number of hydrogen-bond acceptors (Lipinski definition) is 4. The Morgan fingerprint density at radius 3 is 1.96 bits per heavy atom. The number of aromatic nitrogens is 3. The van der Waals surface area contributed by atoms with Crippen LogP contribution in [-0.2, 0) is 0 Å². The van der Waals surface area contributed by atoms with E-state index in [1.165, 1.54) is 18.2 Å². The minimum Gasteiger partial charge on any atom is -0.456 e. The van der Waals surface area contributed by atoms with Crippen LogP contribution in [0.5, 0.6) is 0 Å². The first-order valence-corrected chi connectivity index (χ1v) is 14.5. The van der Waals surface area contributed by atoms with Crippen LogP contribution < -0.4 is 0 Å². The first-order chi connectivity index (χ1) is 29.1. The molecule has 0 bridgehead atoms. The van der Waals surface area contributed by atoms with Gasteiger partial charge in [-0.1, -0.05) is 139 Å². The van der Waals surface area contributed by atoms with Crippen molar-refractivity contribution in [2.75, 3.05) is 0 Å². The van der Waals surface area contributed by atoms with Crippen LogP contribution in [0.25, 0.3) is 89.1 Å². The summed E-state index contributed by atoms with van der Waals surface area (Å²) in [6.07, 6.45) is 0. The van der Waals surface area contributed by atoms with Gasteiger partial charge in [-0.25, -0.2) is 15.0 Å². The highest BCUT2D eigenvalue weighted by molar-refractivity contribution is 6.12. The second kappa shape index (κ2) is 11.2. The van der Waals surface area contributed by atoms with Crippen molar-refractivity contribution in [1.29, 1.82) is 0 Å². The SMILES string of the molecule is [2H]c1cc2c(cc1-c1c([2H])c([2H])c([2H])c([2H])c1[2H])oc1ccc([2H])c(-c3nc(-c4ccccc4)nc(-c4ccc(-c5c([2H])c([2H])c6c([2H])c([2H])c([2H])c([2H])c6c5[2H])cc4)n3)c12. The summed E-state index contributed by atoms with van der Waals surface area (Å²) in [5.74, 6) is 0.551. The molecule has 0 aliphatic heterocycles. The molecule has 0 N–H and O–H groups in total. The van der Waals surface area contributed by atoms with Gasteiger partial charge in [-0.3, -0.25) is 0 Å². The molecule has 0 aliphatic carbocycles. The van der Waals surface area contributed by atoms with E-state index in [1.807, 2.05) is 30.3 Å². The number of furan rings is 1. The highest BCUT2D eigenvalue weighted by Gasteiger charge is 2.18. The molecule has 0 spiro atoms. The van der Waals surface area contributed by atoms with Gasteiger partial charge in [0.05, 0.1) is 19.2 Å². The molecule has 0 aliphatic rings. The summed E-state index contributed by atoms with van der Waals surface area (Å²) in [4.78, 5) is 14.4. The van der Waals surface area contributed by atoms with Crippen molar-refractivity contribution in [2.24, 2.45) is 0 Å². The lowest BCUT2D eigenvalue weighted by Crippen LogP contribution is -2.00. The Labute approximate surface area is 291 Å². The average Bonchev–Trinajstić information content (AvgIpc) is 3.62. The number of fused-ring (bicyclic) bond motifs is 4. The van der Waals surface area contributed by atoms with Gasteiger partial charge in [0.15, 0.2) is 17.5 Å². The van der Waals surface area contributed by atoms with Crippen LogP contribution in [0.4, 0.5) is 0 Å². The zero-order chi connectivity index (χ0) is 43.3. The Hall–Kier alpha value is -6.39. The van der Waals surface area contributed by atoms with Crippen LogP contribution in [0.1, 0.15) is 19.2 Å². The Morgan fingerprint density at radius 1 is 0.447 bits per heavy atom. The van der Waals surface area contributed by atoms with Crippen molar-refractivity contribution in [1.82, 2.24) is 15.0 Å². The fourth-order valence-corrected chi connectivity index (χ4v) is 5.45. The molecule has 0 amide bonds. The minimum absolute atomic E-state index is 0.0104. The van der Waals surface area contributed by atoms with E-state index in [0.717, 1.165) is 0 Å². The van der Waals surface area contributed by atoms with Crippen LogP contribution in [0.15, 0.2) is 168 Å². The second-order valence-electron chi connectivity index (χ2n) is 10.6. The summed E-state index contributed by atoms with van der Waals surface area (Å²) >= 11 is 0. The van der Waals surface area contributed by atoms with E-state index in [4.69, 9.17) is 38.6 Å². The molecule has 2 aromatic heterocycles. The predicted molar refractivity (Wildman–Crippen MR) is 192 cm³/mol. The van der Waals surface area contributed by atoms with Crippen molar-refractivity contribution < 1.29 is 23.6 Å². The Bertz CT molecular complexity index is 3330. The summed E-state index contributed by atoms with van der Waals surface area (Å²) in [6.45, 7) is 0. The molecule has 47 heavy (non-hydrogen) atoms. The van der Waals surface area contributed by atoms with E-state index in [-0.39, 0.29) is 80.3 Å². The van der Waals surface area contributed by atoms with Crippen LogP contribution in [0.2, 0.25) is 0 Å². The number of nitrogens with zero attached hydrogens (tertiary/aromatic N) is 3. The van der Waals surface area contributed by atoms with E-state index in [0.29, 0.717) is 33.0 Å². The second-order valence-corrected chi connectivity index (χ2v) is 10.6. The van der Waals surface area contributed by atoms with E-state index >= 15 is 0 Å². The third-order valence-electron chi connectivity index (χ3n) is 7.70. The number of hydrogen-bond donors (Lipinski definition) is 0. The molecule has 2 heterocycles. The van der Waals surface area contributed by atoms with Crippen molar-refractivity contribution in [3.05, 3.63) is 163 Å². The molecule has 0 fully saturated rings. The van der Waals surface area contributed by atoms with Crippen LogP contribution >= 0.6 is 0 Å². The van der Waals surface area contributed by atoms with Crippen LogP contribution in [-0.4, -0.2) is 15.0 Å². The van der Waals surface area contributed by atoms with Gasteiger partial charge in [0, 0.05) is 27.5 Å². The molecule has 0 radical (unpaired) electrons. The first kappa shape index (κ1) is 16.3. The smallest absolute Gasteiger partial charge is 0.164 e. The molecule has 9 rings (SSSR count). The van der Waals surface area contributed by atoms with Crippen LogP contribution in [0.3, 0.4) is 0 Å². The third kappa shape index (κ3) is 4.93. The molecule has 0 saturated heterocycles. The number of rotatable bonds is 5. The summed E-state index contributed by atoms with van der Waals surface area (Å²) in [5, 5.41) is 0.451. The minimum atomic E-state index is -0.553. The largest absolute Gasteiger partial charge is 0.456 e. The maximum absolute atomic E-state index is 9.10. The molecule has 4 nitrogen and oxygen atoms in total. The molecule has 4 heteroatoms. The lowest BCUT2D eigenvalue weighted by atomic mass is 10.00.